The molecule has 0 saturated carbocycles. The normalized spacial score (nSPS) is 22.9. The fourth-order valence-corrected chi connectivity index (χ4v) is 4.46. The van der Waals surface area contributed by atoms with Crippen molar-refractivity contribution in [2.45, 2.75) is 64.5 Å². The average molecular weight is 346 g/mol. The van der Waals surface area contributed by atoms with Gasteiger partial charge < -0.3 is 9.33 Å². The SMILES string of the molecule is C=C[C@@H]1[C@@H]([C@@H](C)O[Si](C)(C)C(C)(C)C)C(=O)N1Cc1ccccc1. The first-order valence-corrected chi connectivity index (χ1v) is 11.6. The Morgan fingerprint density at radius 3 is 2.38 bits per heavy atom. The largest absolute Gasteiger partial charge is 0.413 e. The van der Waals surface area contributed by atoms with Crippen molar-refractivity contribution < 1.29 is 9.22 Å². The minimum atomic E-state index is -1.89. The molecule has 1 saturated heterocycles. The number of hydrogen-bond donors (Lipinski definition) is 0. The summed E-state index contributed by atoms with van der Waals surface area (Å²) in [7, 11) is -1.89. The maximum Gasteiger partial charge on any atom is 0.231 e. The fraction of sp³-hybridized carbons (Fsp3) is 0.550. The average Bonchev–Trinajstić information content (AvgIpc) is 2.49. The number of rotatable bonds is 6. The zero-order valence-corrected chi connectivity index (χ0v) is 16.9. The van der Waals surface area contributed by atoms with E-state index in [0.717, 1.165) is 5.56 Å². The zero-order valence-electron chi connectivity index (χ0n) is 15.9. The van der Waals surface area contributed by atoms with Crippen molar-refractivity contribution >= 4 is 14.2 Å². The molecule has 1 aliphatic rings. The Balaban J connectivity index is 2.07. The van der Waals surface area contributed by atoms with Gasteiger partial charge in [0.15, 0.2) is 8.32 Å². The molecule has 132 valence electrons. The number of nitrogens with zero attached hydrogens (tertiary/aromatic N) is 1. The van der Waals surface area contributed by atoms with E-state index in [1.807, 2.05) is 36.1 Å². The molecule has 0 N–H and O–H groups in total. The molecule has 1 aliphatic heterocycles. The molecular formula is C20H31NO2Si. The number of β-lactam (4-membered cyclic amide) rings is 1. The molecule has 24 heavy (non-hydrogen) atoms. The molecule has 0 aromatic heterocycles. The van der Waals surface area contributed by atoms with Crippen LogP contribution in [0.15, 0.2) is 43.0 Å². The van der Waals surface area contributed by atoms with Gasteiger partial charge in [-0.1, -0.05) is 57.2 Å². The van der Waals surface area contributed by atoms with Crippen molar-refractivity contribution in [3.63, 3.8) is 0 Å². The van der Waals surface area contributed by atoms with Gasteiger partial charge >= 0.3 is 0 Å². The third-order valence-corrected chi connectivity index (χ3v) is 10.1. The molecule has 4 heteroatoms. The van der Waals surface area contributed by atoms with Crippen LogP contribution in [0.1, 0.15) is 33.3 Å². The van der Waals surface area contributed by atoms with Gasteiger partial charge in [-0.2, -0.15) is 0 Å². The lowest BCUT2D eigenvalue weighted by Crippen LogP contribution is -2.64. The summed E-state index contributed by atoms with van der Waals surface area (Å²) in [4.78, 5) is 14.6. The van der Waals surface area contributed by atoms with Gasteiger partial charge in [0.2, 0.25) is 5.91 Å². The quantitative estimate of drug-likeness (QED) is 0.428. The predicted molar refractivity (Wildman–Crippen MR) is 102 cm³/mol. The van der Waals surface area contributed by atoms with Gasteiger partial charge in [0.25, 0.3) is 0 Å². The minimum absolute atomic E-state index is 0.0532. The number of amides is 1. The molecule has 0 aliphatic carbocycles. The summed E-state index contributed by atoms with van der Waals surface area (Å²) in [6.07, 6.45) is 1.81. The summed E-state index contributed by atoms with van der Waals surface area (Å²) >= 11 is 0. The van der Waals surface area contributed by atoms with E-state index in [0.29, 0.717) is 6.54 Å². The molecule has 2 rings (SSSR count). The molecule has 0 bridgehead atoms. The lowest BCUT2D eigenvalue weighted by molar-refractivity contribution is -0.160. The summed E-state index contributed by atoms with van der Waals surface area (Å²) in [6.45, 7) is 17.8. The van der Waals surface area contributed by atoms with Gasteiger partial charge in [-0.25, -0.2) is 0 Å². The number of carbonyl (C=O) groups excluding carboxylic acids is 1. The topological polar surface area (TPSA) is 29.5 Å². The third-order valence-electron chi connectivity index (χ3n) is 5.53. The van der Waals surface area contributed by atoms with Crippen LogP contribution < -0.4 is 0 Å². The van der Waals surface area contributed by atoms with E-state index in [9.17, 15) is 4.79 Å². The van der Waals surface area contributed by atoms with Gasteiger partial charge in [0.1, 0.15) is 0 Å². The van der Waals surface area contributed by atoms with E-state index in [2.05, 4.69) is 52.6 Å². The van der Waals surface area contributed by atoms with Gasteiger partial charge in [-0.3, -0.25) is 4.79 Å². The summed E-state index contributed by atoms with van der Waals surface area (Å²) in [6, 6.07) is 10.2. The molecule has 1 amide bonds. The van der Waals surface area contributed by atoms with E-state index in [1.54, 1.807) is 0 Å². The van der Waals surface area contributed by atoms with Crippen LogP contribution in [0.4, 0.5) is 0 Å². The van der Waals surface area contributed by atoms with Crippen LogP contribution in [0.3, 0.4) is 0 Å². The van der Waals surface area contributed by atoms with Crippen molar-refractivity contribution in [1.82, 2.24) is 4.90 Å². The maximum absolute atomic E-state index is 12.7. The lowest BCUT2D eigenvalue weighted by atomic mass is 9.83. The molecule has 3 nitrogen and oxygen atoms in total. The first-order chi connectivity index (χ1) is 11.1. The highest BCUT2D eigenvalue weighted by atomic mass is 28.4. The van der Waals surface area contributed by atoms with Crippen LogP contribution in [0.25, 0.3) is 0 Å². The van der Waals surface area contributed by atoms with Crippen LogP contribution in [-0.4, -0.2) is 31.3 Å². The molecular weight excluding hydrogens is 314 g/mol. The van der Waals surface area contributed by atoms with Crippen molar-refractivity contribution in [2.24, 2.45) is 5.92 Å². The van der Waals surface area contributed by atoms with Gasteiger partial charge in [-0.15, -0.1) is 6.58 Å². The zero-order chi connectivity index (χ0) is 18.1. The minimum Gasteiger partial charge on any atom is -0.413 e. The van der Waals surface area contributed by atoms with Gasteiger partial charge in [-0.05, 0) is 30.6 Å². The van der Waals surface area contributed by atoms with Crippen LogP contribution in [0, 0.1) is 5.92 Å². The monoisotopic (exact) mass is 345 g/mol. The van der Waals surface area contributed by atoms with Crippen molar-refractivity contribution in [1.29, 1.82) is 0 Å². The Morgan fingerprint density at radius 1 is 1.29 bits per heavy atom. The second-order valence-electron chi connectivity index (χ2n) is 8.29. The molecule has 0 radical (unpaired) electrons. The van der Waals surface area contributed by atoms with E-state index < -0.39 is 8.32 Å². The summed E-state index contributed by atoms with van der Waals surface area (Å²) in [5.41, 5.74) is 1.15. The Bertz CT molecular complexity index is 591. The Kier molecular flexibility index (Phi) is 5.40. The highest BCUT2D eigenvalue weighted by molar-refractivity contribution is 6.74. The third kappa shape index (κ3) is 3.65. The summed E-state index contributed by atoms with van der Waals surface area (Å²) in [5.74, 6) is 0.0651. The highest BCUT2D eigenvalue weighted by Crippen LogP contribution is 2.40. The Morgan fingerprint density at radius 2 is 1.88 bits per heavy atom. The van der Waals surface area contributed by atoms with Crippen LogP contribution in [-0.2, 0) is 15.8 Å². The predicted octanol–water partition coefficient (Wildman–Crippen LogP) is 4.61. The molecule has 1 fully saturated rings. The van der Waals surface area contributed by atoms with E-state index in [-0.39, 0.29) is 29.0 Å². The fourth-order valence-electron chi connectivity index (χ4n) is 3.03. The van der Waals surface area contributed by atoms with Crippen molar-refractivity contribution in [2.75, 3.05) is 0 Å². The number of carbonyl (C=O) groups is 1. The van der Waals surface area contributed by atoms with Crippen LogP contribution in [0.5, 0.6) is 0 Å². The standard InChI is InChI=1S/C20H31NO2Si/c1-8-17-18(15(2)23-24(6,7)20(3,4)5)19(22)21(17)14-16-12-10-9-11-13-16/h8-13,15,17-18H,1,14H2,2-7H3/t15-,17-,18-/m1/s1. The molecule has 1 aromatic rings. The maximum atomic E-state index is 12.7. The van der Waals surface area contributed by atoms with E-state index in [1.165, 1.54) is 0 Å². The second kappa shape index (κ2) is 6.85. The Labute approximate surface area is 147 Å². The summed E-state index contributed by atoms with van der Waals surface area (Å²) in [5, 5.41) is 0.140. The molecule has 3 atom stereocenters. The van der Waals surface area contributed by atoms with E-state index >= 15 is 0 Å². The lowest BCUT2D eigenvalue weighted by Gasteiger charge is -2.50. The number of hydrogen-bond acceptors (Lipinski definition) is 2. The van der Waals surface area contributed by atoms with Crippen molar-refractivity contribution in [3.8, 4) is 0 Å². The first kappa shape index (κ1) is 18.9. The first-order valence-electron chi connectivity index (χ1n) is 8.73. The summed E-state index contributed by atoms with van der Waals surface area (Å²) < 4.78 is 6.45. The molecule has 0 spiro atoms. The highest BCUT2D eigenvalue weighted by Gasteiger charge is 2.50. The van der Waals surface area contributed by atoms with Crippen LogP contribution in [0.2, 0.25) is 18.1 Å². The van der Waals surface area contributed by atoms with Crippen LogP contribution >= 0.6 is 0 Å². The van der Waals surface area contributed by atoms with Crippen molar-refractivity contribution in [3.05, 3.63) is 48.6 Å². The molecule has 1 aromatic carbocycles. The Hall–Kier alpha value is -1.39. The smallest absolute Gasteiger partial charge is 0.231 e. The van der Waals surface area contributed by atoms with E-state index in [4.69, 9.17) is 4.43 Å². The number of likely N-dealkylation sites (tertiary alicyclic amines) is 1. The molecule has 0 unspecified atom stereocenters. The number of benzene rings is 1. The van der Waals surface area contributed by atoms with Gasteiger partial charge in [0, 0.05) is 6.54 Å². The second-order valence-corrected chi connectivity index (χ2v) is 13.0. The molecule has 1 heterocycles. The van der Waals surface area contributed by atoms with Gasteiger partial charge in [0.05, 0.1) is 18.1 Å².